The number of nitro benzene ring substituents is 1. The number of hydrogen-bond donors (Lipinski definition) is 0. The summed E-state index contributed by atoms with van der Waals surface area (Å²) in [5.41, 5.74) is 0.168. The minimum atomic E-state index is -0.550. The van der Waals surface area contributed by atoms with Crippen LogP contribution in [0.2, 0.25) is 0 Å². The van der Waals surface area contributed by atoms with E-state index in [1.807, 2.05) is 0 Å². The molecule has 0 aliphatic heterocycles. The summed E-state index contributed by atoms with van der Waals surface area (Å²) < 4.78 is 13.0. The number of nitro groups is 1. The van der Waals surface area contributed by atoms with Gasteiger partial charge in [0.05, 0.1) is 4.92 Å². The Kier molecular flexibility index (Phi) is 2.60. The van der Waals surface area contributed by atoms with Crippen LogP contribution >= 0.6 is 0 Å². The molecule has 0 spiro atoms. The van der Waals surface area contributed by atoms with Gasteiger partial charge in [0.2, 0.25) is 0 Å². The van der Waals surface area contributed by atoms with Gasteiger partial charge in [-0.25, -0.2) is 4.39 Å². The summed E-state index contributed by atoms with van der Waals surface area (Å²) in [6, 6.07) is 3.45. The summed E-state index contributed by atoms with van der Waals surface area (Å²) in [6.45, 7) is 5.29. The molecule has 0 N–H and O–H groups in total. The number of hydrogen-bond acceptors (Lipinski definition) is 2. The van der Waals surface area contributed by atoms with Crippen molar-refractivity contribution in [3.63, 3.8) is 0 Å². The molecule has 69 valence electrons. The Bertz CT molecular complexity index is 336. The lowest BCUT2D eigenvalue weighted by atomic mass is 10.0. The first-order valence-corrected chi connectivity index (χ1v) is 3.79. The molecule has 4 heteroatoms. The van der Waals surface area contributed by atoms with Crippen molar-refractivity contribution in [1.82, 2.24) is 0 Å². The summed E-state index contributed by atoms with van der Waals surface area (Å²) >= 11 is 0. The highest BCUT2D eigenvalue weighted by Gasteiger charge is 2.12. The van der Waals surface area contributed by atoms with Gasteiger partial charge in [0.25, 0.3) is 5.69 Å². The van der Waals surface area contributed by atoms with E-state index in [0.29, 0.717) is 0 Å². The van der Waals surface area contributed by atoms with E-state index in [9.17, 15) is 14.5 Å². The van der Waals surface area contributed by atoms with Crippen LogP contribution in [0.25, 0.3) is 0 Å². The second kappa shape index (κ2) is 3.51. The van der Waals surface area contributed by atoms with Crippen molar-refractivity contribution in [3.8, 4) is 0 Å². The first kappa shape index (κ1) is 9.64. The van der Waals surface area contributed by atoms with Crippen LogP contribution in [0.1, 0.15) is 18.4 Å². The van der Waals surface area contributed by atoms with Crippen LogP contribution in [0, 0.1) is 22.9 Å². The fourth-order valence-corrected chi connectivity index (χ4v) is 1.02. The summed E-state index contributed by atoms with van der Waals surface area (Å²) in [4.78, 5) is 9.80. The average molecular weight is 182 g/mol. The molecule has 13 heavy (non-hydrogen) atoms. The van der Waals surface area contributed by atoms with Crippen molar-refractivity contribution in [3.05, 3.63) is 46.6 Å². The molecule has 0 aromatic heterocycles. The number of non-ortho nitro benzene ring substituents is 1. The van der Waals surface area contributed by atoms with Crippen LogP contribution in [0.5, 0.6) is 0 Å². The summed E-state index contributed by atoms with van der Waals surface area (Å²) in [5.74, 6) is -0.743. The summed E-state index contributed by atoms with van der Waals surface area (Å²) in [7, 11) is 0. The number of benzene rings is 1. The lowest BCUT2D eigenvalue weighted by Crippen LogP contribution is -1.96. The van der Waals surface area contributed by atoms with Gasteiger partial charge >= 0.3 is 0 Å². The quantitative estimate of drug-likeness (QED) is 0.521. The molecule has 0 amide bonds. The van der Waals surface area contributed by atoms with Crippen molar-refractivity contribution < 1.29 is 9.31 Å². The van der Waals surface area contributed by atoms with E-state index in [-0.39, 0.29) is 17.2 Å². The van der Waals surface area contributed by atoms with E-state index < -0.39 is 10.7 Å². The number of halogens is 1. The van der Waals surface area contributed by atoms with Crippen LogP contribution in [0.3, 0.4) is 0 Å². The first-order valence-electron chi connectivity index (χ1n) is 3.79. The molecule has 1 aromatic rings. The smallest absolute Gasteiger partial charge is 0.258 e. The minimum Gasteiger partial charge on any atom is -0.258 e. The molecule has 0 aliphatic rings. The highest BCUT2D eigenvalue weighted by Crippen LogP contribution is 2.22. The van der Waals surface area contributed by atoms with Crippen molar-refractivity contribution in [2.24, 2.45) is 0 Å². The molecular weight excluding hydrogens is 173 g/mol. The molecule has 0 fully saturated rings. The molecule has 1 rings (SSSR count). The third-order valence-electron chi connectivity index (χ3n) is 1.72. The van der Waals surface area contributed by atoms with E-state index in [0.717, 1.165) is 12.1 Å². The molecule has 1 unspecified atom stereocenters. The largest absolute Gasteiger partial charge is 0.269 e. The van der Waals surface area contributed by atoms with Gasteiger partial charge in [-0.1, -0.05) is 6.92 Å². The third-order valence-corrected chi connectivity index (χ3v) is 1.72. The second-order valence-electron chi connectivity index (χ2n) is 2.86. The van der Waals surface area contributed by atoms with Crippen LogP contribution in [-0.4, -0.2) is 4.92 Å². The van der Waals surface area contributed by atoms with E-state index >= 15 is 0 Å². The van der Waals surface area contributed by atoms with E-state index in [1.54, 1.807) is 6.92 Å². The highest BCUT2D eigenvalue weighted by molar-refractivity contribution is 5.37. The molecule has 0 bridgehead atoms. The molecule has 1 atom stereocenters. The highest BCUT2D eigenvalue weighted by atomic mass is 19.1. The Morgan fingerprint density at radius 1 is 1.62 bits per heavy atom. The van der Waals surface area contributed by atoms with Gasteiger partial charge in [-0.2, -0.15) is 0 Å². The van der Waals surface area contributed by atoms with Gasteiger partial charge in [0, 0.05) is 12.1 Å². The molecule has 1 radical (unpaired) electrons. The molecule has 0 saturated carbocycles. The van der Waals surface area contributed by atoms with Crippen LogP contribution in [0.4, 0.5) is 10.1 Å². The van der Waals surface area contributed by atoms with Crippen LogP contribution in [0.15, 0.2) is 18.2 Å². The van der Waals surface area contributed by atoms with Gasteiger partial charge in [0.15, 0.2) is 0 Å². The fourth-order valence-electron chi connectivity index (χ4n) is 1.02. The van der Waals surface area contributed by atoms with Gasteiger partial charge in [0.1, 0.15) is 5.82 Å². The Hall–Kier alpha value is -1.45. The maximum Gasteiger partial charge on any atom is 0.269 e. The average Bonchev–Trinajstić information content (AvgIpc) is 2.04. The lowest BCUT2D eigenvalue weighted by Gasteiger charge is -2.05. The van der Waals surface area contributed by atoms with Gasteiger partial charge < -0.3 is 0 Å². The second-order valence-corrected chi connectivity index (χ2v) is 2.86. The normalized spacial score (nSPS) is 10.5. The fraction of sp³-hybridized carbons (Fsp3) is 0.222. The standard InChI is InChI=1S/C9H9FNO2/c1-6(2)8-5-7(11(12)13)3-4-9(8)10/h3-6H,1H2,2H3. The monoisotopic (exact) mass is 182 g/mol. The maximum absolute atomic E-state index is 13.0. The zero-order chi connectivity index (χ0) is 10.0. The van der Waals surface area contributed by atoms with E-state index in [2.05, 4.69) is 6.92 Å². The van der Waals surface area contributed by atoms with Gasteiger partial charge in [-0.05, 0) is 24.5 Å². The topological polar surface area (TPSA) is 43.1 Å². The Morgan fingerprint density at radius 3 is 2.69 bits per heavy atom. The molecular formula is C9H9FNO2. The predicted octanol–water partition coefficient (Wildman–Crippen LogP) is 2.67. The Morgan fingerprint density at radius 2 is 2.23 bits per heavy atom. The Balaban J connectivity index is 3.19. The van der Waals surface area contributed by atoms with Gasteiger partial charge in [-0.3, -0.25) is 10.1 Å². The van der Waals surface area contributed by atoms with E-state index in [1.165, 1.54) is 6.07 Å². The van der Waals surface area contributed by atoms with Crippen molar-refractivity contribution >= 4 is 5.69 Å². The van der Waals surface area contributed by atoms with Gasteiger partial charge in [-0.15, -0.1) is 0 Å². The summed E-state index contributed by atoms with van der Waals surface area (Å²) in [6.07, 6.45) is 0. The molecule has 0 heterocycles. The maximum atomic E-state index is 13.0. The number of rotatable bonds is 2. The SMILES string of the molecule is [CH2]C(C)c1cc([N+](=O)[O-])ccc1F. The van der Waals surface area contributed by atoms with Crippen LogP contribution in [-0.2, 0) is 0 Å². The Labute approximate surface area is 75.3 Å². The van der Waals surface area contributed by atoms with E-state index in [4.69, 9.17) is 0 Å². The zero-order valence-electron chi connectivity index (χ0n) is 7.16. The number of nitrogens with zero attached hydrogens (tertiary/aromatic N) is 1. The third kappa shape index (κ3) is 2.02. The molecule has 1 aromatic carbocycles. The van der Waals surface area contributed by atoms with Crippen molar-refractivity contribution in [2.75, 3.05) is 0 Å². The minimum absolute atomic E-state index is 0.105. The zero-order valence-corrected chi connectivity index (χ0v) is 7.16. The first-order chi connectivity index (χ1) is 6.02. The van der Waals surface area contributed by atoms with Crippen molar-refractivity contribution in [2.45, 2.75) is 12.8 Å². The summed E-state index contributed by atoms with van der Waals surface area (Å²) in [5, 5.41) is 10.3. The molecule has 3 nitrogen and oxygen atoms in total. The van der Waals surface area contributed by atoms with Crippen molar-refractivity contribution in [1.29, 1.82) is 0 Å². The lowest BCUT2D eigenvalue weighted by molar-refractivity contribution is -0.385. The predicted molar refractivity (Wildman–Crippen MR) is 46.8 cm³/mol. The molecule has 0 aliphatic carbocycles. The van der Waals surface area contributed by atoms with Crippen LogP contribution < -0.4 is 0 Å². The molecule has 0 saturated heterocycles.